The molecule has 114 valence electrons. The van der Waals surface area contributed by atoms with E-state index in [-0.39, 0.29) is 6.03 Å². The Morgan fingerprint density at radius 3 is 2.40 bits per heavy atom. The molecule has 2 aliphatic rings. The number of carboxylic acids is 1. The van der Waals surface area contributed by atoms with E-state index in [0.717, 1.165) is 32.4 Å². The number of piperidine rings is 1. The van der Waals surface area contributed by atoms with E-state index < -0.39 is 11.5 Å². The Morgan fingerprint density at radius 1 is 1.35 bits per heavy atom. The van der Waals surface area contributed by atoms with Crippen LogP contribution < -0.4 is 5.32 Å². The zero-order valence-electron chi connectivity index (χ0n) is 12.4. The molecule has 20 heavy (non-hydrogen) atoms. The number of carboxylic acid groups (broad SMARTS) is 1. The summed E-state index contributed by atoms with van der Waals surface area (Å²) in [4.78, 5) is 27.3. The summed E-state index contributed by atoms with van der Waals surface area (Å²) in [6, 6.07) is -0.258. The lowest BCUT2D eigenvalue weighted by Gasteiger charge is -2.40. The van der Waals surface area contributed by atoms with Crippen molar-refractivity contribution in [2.75, 3.05) is 33.7 Å². The normalized spacial score (nSPS) is 22.9. The summed E-state index contributed by atoms with van der Waals surface area (Å²) < 4.78 is 0. The maximum atomic E-state index is 12.1. The molecule has 0 aromatic heterocycles. The quantitative estimate of drug-likeness (QED) is 0.806. The second kappa shape index (κ2) is 5.99. The number of nitrogens with one attached hydrogen (secondary N) is 1. The van der Waals surface area contributed by atoms with Crippen molar-refractivity contribution >= 4 is 12.0 Å². The first-order chi connectivity index (χ1) is 9.43. The molecule has 0 radical (unpaired) electrons. The van der Waals surface area contributed by atoms with E-state index >= 15 is 0 Å². The van der Waals surface area contributed by atoms with Gasteiger partial charge in [0.1, 0.15) is 5.54 Å². The minimum absolute atomic E-state index is 0.258. The number of carbonyl (C=O) groups excluding carboxylic acids is 1. The van der Waals surface area contributed by atoms with Crippen molar-refractivity contribution < 1.29 is 14.7 Å². The van der Waals surface area contributed by atoms with Gasteiger partial charge >= 0.3 is 12.0 Å². The maximum absolute atomic E-state index is 12.1. The molecule has 0 aromatic rings. The van der Waals surface area contributed by atoms with E-state index in [9.17, 15) is 14.7 Å². The van der Waals surface area contributed by atoms with Crippen molar-refractivity contribution in [2.45, 2.75) is 37.6 Å². The average molecular weight is 283 g/mol. The van der Waals surface area contributed by atoms with Crippen LogP contribution in [0.15, 0.2) is 0 Å². The summed E-state index contributed by atoms with van der Waals surface area (Å²) in [6.07, 6.45) is 4.13. The van der Waals surface area contributed by atoms with E-state index in [4.69, 9.17) is 0 Å². The summed E-state index contributed by atoms with van der Waals surface area (Å²) in [5.41, 5.74) is -1.02. The van der Waals surface area contributed by atoms with Gasteiger partial charge in [0.05, 0.1) is 0 Å². The van der Waals surface area contributed by atoms with Gasteiger partial charge in [0.15, 0.2) is 0 Å². The second-order valence-electron chi connectivity index (χ2n) is 6.30. The predicted molar refractivity (Wildman–Crippen MR) is 75.6 cm³/mol. The van der Waals surface area contributed by atoms with Crippen LogP contribution in [0.5, 0.6) is 0 Å². The molecule has 0 aromatic carbocycles. The van der Waals surface area contributed by atoms with Gasteiger partial charge in [0, 0.05) is 13.6 Å². The molecule has 1 aliphatic carbocycles. The molecule has 1 heterocycles. The highest BCUT2D eigenvalue weighted by Crippen LogP contribution is 2.32. The fraction of sp³-hybridized carbons (Fsp3) is 0.857. The van der Waals surface area contributed by atoms with Crippen molar-refractivity contribution in [1.29, 1.82) is 0 Å². The minimum atomic E-state index is -1.02. The van der Waals surface area contributed by atoms with Gasteiger partial charge in [0.2, 0.25) is 0 Å². The molecule has 6 nitrogen and oxygen atoms in total. The van der Waals surface area contributed by atoms with Gasteiger partial charge in [-0.15, -0.1) is 0 Å². The zero-order valence-corrected chi connectivity index (χ0v) is 12.4. The average Bonchev–Trinajstić information content (AvgIpc) is 2.35. The van der Waals surface area contributed by atoms with Crippen molar-refractivity contribution in [3.8, 4) is 0 Å². The van der Waals surface area contributed by atoms with Crippen molar-refractivity contribution in [3.05, 3.63) is 0 Å². The van der Waals surface area contributed by atoms with Crippen molar-refractivity contribution in [1.82, 2.24) is 15.1 Å². The van der Waals surface area contributed by atoms with Crippen LogP contribution >= 0.6 is 0 Å². The van der Waals surface area contributed by atoms with Crippen LogP contribution in [0.4, 0.5) is 4.79 Å². The second-order valence-corrected chi connectivity index (χ2v) is 6.30. The van der Waals surface area contributed by atoms with Crippen LogP contribution in [-0.4, -0.2) is 66.2 Å². The van der Waals surface area contributed by atoms with Gasteiger partial charge in [-0.05, 0) is 58.2 Å². The number of nitrogens with zero attached hydrogens (tertiary/aromatic N) is 2. The first-order valence-corrected chi connectivity index (χ1v) is 7.38. The summed E-state index contributed by atoms with van der Waals surface area (Å²) in [7, 11) is 3.86. The molecule has 1 saturated carbocycles. The summed E-state index contributed by atoms with van der Waals surface area (Å²) >= 11 is 0. The van der Waals surface area contributed by atoms with Crippen LogP contribution in [0.3, 0.4) is 0 Å². The summed E-state index contributed by atoms with van der Waals surface area (Å²) in [5.74, 6) is -0.395. The fourth-order valence-electron chi connectivity index (χ4n) is 2.94. The van der Waals surface area contributed by atoms with Gasteiger partial charge < -0.3 is 20.2 Å². The number of hydrogen-bond donors (Lipinski definition) is 2. The lowest BCUT2D eigenvalue weighted by Crippen LogP contribution is -2.61. The number of amides is 2. The van der Waals surface area contributed by atoms with Crippen LogP contribution in [0.25, 0.3) is 0 Å². The molecule has 2 amide bonds. The first kappa shape index (κ1) is 15.1. The Balaban J connectivity index is 1.81. The molecule has 1 aliphatic heterocycles. The monoisotopic (exact) mass is 283 g/mol. The third kappa shape index (κ3) is 3.23. The smallest absolute Gasteiger partial charge is 0.329 e. The topological polar surface area (TPSA) is 72.9 Å². The molecule has 1 saturated heterocycles. The Labute approximate surface area is 120 Å². The van der Waals surface area contributed by atoms with Crippen LogP contribution in [0.2, 0.25) is 0 Å². The Morgan fingerprint density at radius 2 is 1.95 bits per heavy atom. The number of likely N-dealkylation sites (tertiary alicyclic amines) is 1. The standard InChI is InChI=1S/C14H25N3O3/c1-16-8-4-11(5-9-16)10-17(2)13(20)15-14(12(18)19)6-3-7-14/h11H,3-10H2,1-2H3,(H,15,20)(H,18,19). The van der Waals surface area contributed by atoms with E-state index in [0.29, 0.717) is 25.3 Å². The first-order valence-electron chi connectivity index (χ1n) is 7.38. The third-order valence-corrected chi connectivity index (χ3v) is 4.68. The molecule has 6 heteroatoms. The van der Waals surface area contributed by atoms with Crippen LogP contribution in [0.1, 0.15) is 32.1 Å². The van der Waals surface area contributed by atoms with E-state index in [1.165, 1.54) is 0 Å². The predicted octanol–water partition coefficient (Wildman–Crippen LogP) is 0.977. The Hall–Kier alpha value is -1.30. The summed E-state index contributed by atoms with van der Waals surface area (Å²) in [6.45, 7) is 2.84. The number of carbonyl (C=O) groups is 2. The van der Waals surface area contributed by atoms with Gasteiger partial charge in [-0.2, -0.15) is 0 Å². The van der Waals surface area contributed by atoms with E-state index in [2.05, 4.69) is 17.3 Å². The lowest BCUT2D eigenvalue weighted by molar-refractivity contribution is -0.148. The van der Waals surface area contributed by atoms with Gasteiger partial charge in [-0.3, -0.25) is 0 Å². The molecule has 2 N–H and O–H groups in total. The number of rotatable bonds is 4. The minimum Gasteiger partial charge on any atom is -0.480 e. The molecule has 0 atom stereocenters. The number of hydrogen-bond acceptors (Lipinski definition) is 3. The Bertz CT molecular complexity index is 374. The molecule has 0 bridgehead atoms. The summed E-state index contributed by atoms with van der Waals surface area (Å²) in [5, 5.41) is 11.9. The molecule has 0 spiro atoms. The van der Waals surface area contributed by atoms with E-state index in [1.807, 2.05) is 0 Å². The maximum Gasteiger partial charge on any atom is 0.329 e. The largest absolute Gasteiger partial charge is 0.480 e. The van der Waals surface area contributed by atoms with Gasteiger partial charge in [-0.1, -0.05) is 0 Å². The highest BCUT2D eigenvalue weighted by atomic mass is 16.4. The fourth-order valence-corrected chi connectivity index (χ4v) is 2.94. The molecular formula is C14H25N3O3. The zero-order chi connectivity index (χ0) is 14.8. The van der Waals surface area contributed by atoms with Crippen molar-refractivity contribution in [2.24, 2.45) is 5.92 Å². The third-order valence-electron chi connectivity index (χ3n) is 4.68. The number of aliphatic carboxylic acids is 1. The van der Waals surface area contributed by atoms with Crippen molar-refractivity contribution in [3.63, 3.8) is 0 Å². The SMILES string of the molecule is CN1CCC(CN(C)C(=O)NC2(C(=O)O)CCC2)CC1. The van der Waals surface area contributed by atoms with Crippen LogP contribution in [0, 0.1) is 5.92 Å². The van der Waals surface area contributed by atoms with Gasteiger partial charge in [-0.25, -0.2) is 9.59 Å². The number of urea groups is 1. The molecule has 0 unspecified atom stereocenters. The molecule has 2 fully saturated rings. The van der Waals surface area contributed by atoms with E-state index in [1.54, 1.807) is 11.9 Å². The Kier molecular flexibility index (Phi) is 4.52. The molecular weight excluding hydrogens is 258 g/mol. The lowest BCUT2D eigenvalue weighted by atomic mass is 9.77. The van der Waals surface area contributed by atoms with Crippen LogP contribution in [-0.2, 0) is 4.79 Å². The van der Waals surface area contributed by atoms with Gasteiger partial charge in [0.25, 0.3) is 0 Å². The highest BCUT2D eigenvalue weighted by molar-refractivity contribution is 5.87. The molecule has 2 rings (SSSR count). The highest BCUT2D eigenvalue weighted by Gasteiger charge is 2.46.